The Morgan fingerprint density at radius 2 is 2.20 bits per heavy atom. The van der Waals surface area contributed by atoms with Gasteiger partial charge in [-0.3, -0.25) is 10.1 Å². The van der Waals surface area contributed by atoms with Gasteiger partial charge in [0.05, 0.1) is 5.56 Å². The molecule has 0 atom stereocenters. The molecular weight excluding hydrogens is 294 g/mol. The first kappa shape index (κ1) is 14.5. The monoisotopic (exact) mass is 307 g/mol. The van der Waals surface area contributed by atoms with Gasteiger partial charge >= 0.3 is 0 Å². The summed E-state index contributed by atoms with van der Waals surface area (Å²) in [5.74, 6) is -0.200. The van der Waals surface area contributed by atoms with Gasteiger partial charge in [0.2, 0.25) is 0 Å². The van der Waals surface area contributed by atoms with Crippen LogP contribution in [0.5, 0.6) is 0 Å². The number of amides is 1. The van der Waals surface area contributed by atoms with Crippen LogP contribution in [0.2, 0.25) is 0 Å². The molecule has 0 saturated heterocycles. The van der Waals surface area contributed by atoms with E-state index in [1.165, 1.54) is 23.1 Å². The second-order valence-corrected chi connectivity index (χ2v) is 5.58. The molecule has 0 fully saturated rings. The summed E-state index contributed by atoms with van der Waals surface area (Å²) in [7, 11) is 0. The highest BCUT2D eigenvalue weighted by Gasteiger charge is 2.13. The van der Waals surface area contributed by atoms with Crippen LogP contribution in [0.3, 0.4) is 0 Å². The van der Waals surface area contributed by atoms with Gasteiger partial charge in [0, 0.05) is 10.3 Å². The molecule has 20 heavy (non-hydrogen) atoms. The standard InChI is InChI=1S/C13H13N3O2S2/c1-8(16-18)10-7-20-13(14-10)15-12(17)9-5-3-4-6-11(9)19-2/h3-7,18H,1-2H3,(H,14,15,17). The quantitative estimate of drug-likeness (QED) is 0.393. The van der Waals surface area contributed by atoms with E-state index in [0.29, 0.717) is 22.1 Å². The van der Waals surface area contributed by atoms with E-state index in [0.717, 1.165) is 4.90 Å². The highest BCUT2D eigenvalue weighted by molar-refractivity contribution is 7.98. The van der Waals surface area contributed by atoms with E-state index >= 15 is 0 Å². The summed E-state index contributed by atoms with van der Waals surface area (Å²) in [5.41, 5.74) is 1.57. The minimum absolute atomic E-state index is 0.200. The van der Waals surface area contributed by atoms with E-state index in [2.05, 4.69) is 15.5 Å². The summed E-state index contributed by atoms with van der Waals surface area (Å²) in [4.78, 5) is 17.3. The van der Waals surface area contributed by atoms with Gasteiger partial charge in [0.1, 0.15) is 11.4 Å². The maximum absolute atomic E-state index is 12.2. The van der Waals surface area contributed by atoms with E-state index in [1.807, 2.05) is 24.5 Å². The van der Waals surface area contributed by atoms with Crippen molar-refractivity contribution >= 4 is 39.8 Å². The second-order valence-electron chi connectivity index (χ2n) is 3.88. The normalized spacial score (nSPS) is 11.4. The van der Waals surface area contributed by atoms with Crippen molar-refractivity contribution in [1.29, 1.82) is 0 Å². The lowest BCUT2D eigenvalue weighted by Crippen LogP contribution is -2.13. The third-order valence-electron chi connectivity index (χ3n) is 2.60. The molecule has 1 aromatic heterocycles. The summed E-state index contributed by atoms with van der Waals surface area (Å²) >= 11 is 2.81. The zero-order valence-corrected chi connectivity index (χ0v) is 12.6. The van der Waals surface area contributed by atoms with Crippen molar-refractivity contribution in [3.05, 3.63) is 40.9 Å². The van der Waals surface area contributed by atoms with Crippen LogP contribution in [0.4, 0.5) is 5.13 Å². The lowest BCUT2D eigenvalue weighted by Gasteiger charge is -2.06. The zero-order valence-electron chi connectivity index (χ0n) is 11.0. The smallest absolute Gasteiger partial charge is 0.258 e. The van der Waals surface area contributed by atoms with Crippen molar-refractivity contribution in [2.45, 2.75) is 11.8 Å². The first-order chi connectivity index (χ1) is 9.65. The second kappa shape index (κ2) is 6.53. The number of carbonyl (C=O) groups excluding carboxylic acids is 1. The molecule has 0 aliphatic heterocycles. The van der Waals surface area contributed by atoms with Crippen LogP contribution in [0.1, 0.15) is 23.0 Å². The van der Waals surface area contributed by atoms with Crippen LogP contribution in [-0.2, 0) is 0 Å². The first-order valence-electron chi connectivity index (χ1n) is 5.74. The molecule has 0 spiro atoms. The van der Waals surface area contributed by atoms with Crippen LogP contribution in [0.25, 0.3) is 0 Å². The molecule has 0 saturated carbocycles. The fourth-order valence-corrected chi connectivity index (χ4v) is 2.89. The minimum Gasteiger partial charge on any atom is -0.411 e. The summed E-state index contributed by atoms with van der Waals surface area (Å²) in [6.07, 6.45) is 1.93. The molecule has 1 aromatic carbocycles. The summed E-state index contributed by atoms with van der Waals surface area (Å²) in [6, 6.07) is 7.39. The van der Waals surface area contributed by atoms with Crippen molar-refractivity contribution in [1.82, 2.24) is 4.98 Å². The van der Waals surface area contributed by atoms with E-state index in [9.17, 15) is 4.79 Å². The van der Waals surface area contributed by atoms with Crippen LogP contribution in [0.15, 0.2) is 39.7 Å². The maximum Gasteiger partial charge on any atom is 0.258 e. The number of thioether (sulfide) groups is 1. The fourth-order valence-electron chi connectivity index (χ4n) is 1.55. The molecule has 2 N–H and O–H groups in total. The van der Waals surface area contributed by atoms with Crippen LogP contribution >= 0.6 is 23.1 Å². The van der Waals surface area contributed by atoms with Crippen LogP contribution in [0, 0.1) is 0 Å². The minimum atomic E-state index is -0.200. The third-order valence-corrected chi connectivity index (χ3v) is 4.15. The van der Waals surface area contributed by atoms with Crippen molar-refractivity contribution in [2.24, 2.45) is 5.16 Å². The van der Waals surface area contributed by atoms with Gasteiger partial charge in [-0.05, 0) is 25.3 Å². The molecular formula is C13H13N3O2S2. The number of anilines is 1. The van der Waals surface area contributed by atoms with Crippen LogP contribution in [-0.4, -0.2) is 28.1 Å². The molecule has 104 valence electrons. The topological polar surface area (TPSA) is 74.6 Å². The lowest BCUT2D eigenvalue weighted by atomic mass is 10.2. The molecule has 0 unspecified atom stereocenters. The molecule has 5 nitrogen and oxygen atoms in total. The Hall–Kier alpha value is -1.86. The Bertz CT molecular complexity index is 653. The Morgan fingerprint density at radius 1 is 1.45 bits per heavy atom. The SMILES string of the molecule is CSc1ccccc1C(=O)Nc1nc(C(C)=NO)cs1. The lowest BCUT2D eigenvalue weighted by molar-refractivity contribution is 0.102. The Labute approximate surface area is 124 Å². The molecule has 2 rings (SSSR count). The van der Waals surface area contributed by atoms with E-state index in [-0.39, 0.29) is 5.91 Å². The van der Waals surface area contributed by atoms with Gasteiger partial charge in [0.15, 0.2) is 5.13 Å². The van der Waals surface area contributed by atoms with Gasteiger partial charge < -0.3 is 5.21 Å². The van der Waals surface area contributed by atoms with E-state index in [4.69, 9.17) is 5.21 Å². The van der Waals surface area contributed by atoms with E-state index in [1.54, 1.807) is 18.4 Å². The number of hydrogen-bond acceptors (Lipinski definition) is 6. The predicted octanol–water partition coefficient (Wildman–Crippen LogP) is 3.32. The molecule has 7 heteroatoms. The molecule has 1 heterocycles. The number of carbonyl (C=O) groups is 1. The number of rotatable bonds is 4. The number of nitrogens with zero attached hydrogens (tertiary/aromatic N) is 2. The van der Waals surface area contributed by atoms with Crippen molar-refractivity contribution in [3.8, 4) is 0 Å². The zero-order chi connectivity index (χ0) is 14.5. The van der Waals surface area contributed by atoms with Crippen LogP contribution < -0.4 is 5.32 Å². The predicted molar refractivity (Wildman–Crippen MR) is 82.3 cm³/mol. The fraction of sp³-hybridized carbons (Fsp3) is 0.154. The van der Waals surface area contributed by atoms with Crippen molar-refractivity contribution in [3.63, 3.8) is 0 Å². The highest BCUT2D eigenvalue weighted by Crippen LogP contribution is 2.22. The molecule has 0 bridgehead atoms. The van der Waals surface area contributed by atoms with Gasteiger partial charge in [-0.25, -0.2) is 4.98 Å². The number of hydrogen-bond donors (Lipinski definition) is 2. The van der Waals surface area contributed by atoms with Crippen molar-refractivity contribution < 1.29 is 10.0 Å². The Kier molecular flexibility index (Phi) is 4.75. The summed E-state index contributed by atoms with van der Waals surface area (Å²) < 4.78 is 0. The average molecular weight is 307 g/mol. The number of oxime groups is 1. The van der Waals surface area contributed by atoms with Crippen molar-refractivity contribution in [2.75, 3.05) is 11.6 Å². The number of nitrogens with one attached hydrogen (secondary N) is 1. The molecule has 0 aliphatic rings. The van der Waals surface area contributed by atoms with Gasteiger partial charge in [-0.1, -0.05) is 17.3 Å². The highest BCUT2D eigenvalue weighted by atomic mass is 32.2. The number of benzene rings is 1. The number of aromatic nitrogens is 1. The molecule has 0 radical (unpaired) electrons. The molecule has 2 aromatic rings. The summed E-state index contributed by atoms with van der Waals surface area (Å²) in [6.45, 7) is 1.64. The molecule has 1 amide bonds. The number of thiazole rings is 1. The Morgan fingerprint density at radius 3 is 2.90 bits per heavy atom. The van der Waals surface area contributed by atoms with E-state index < -0.39 is 0 Å². The van der Waals surface area contributed by atoms with Gasteiger partial charge in [0.25, 0.3) is 5.91 Å². The third kappa shape index (κ3) is 3.17. The Balaban J connectivity index is 2.17. The molecule has 0 aliphatic carbocycles. The van der Waals surface area contributed by atoms with Gasteiger partial charge in [-0.2, -0.15) is 0 Å². The maximum atomic E-state index is 12.2. The summed E-state index contributed by atoms with van der Waals surface area (Å²) in [5, 5.41) is 16.7. The van der Waals surface area contributed by atoms with Gasteiger partial charge in [-0.15, -0.1) is 23.1 Å². The largest absolute Gasteiger partial charge is 0.411 e. The average Bonchev–Trinajstić information content (AvgIpc) is 2.94. The first-order valence-corrected chi connectivity index (χ1v) is 7.85.